The van der Waals surface area contributed by atoms with Crippen molar-refractivity contribution < 1.29 is 9.13 Å². The molecule has 2 aromatic rings. The van der Waals surface area contributed by atoms with E-state index >= 15 is 0 Å². The summed E-state index contributed by atoms with van der Waals surface area (Å²) in [5.74, 6) is 0.785. The number of hydrogen-bond donors (Lipinski definition) is 0. The maximum atomic E-state index is 13.6. The van der Waals surface area contributed by atoms with Crippen molar-refractivity contribution in [3.8, 4) is 0 Å². The third-order valence-electron chi connectivity index (χ3n) is 3.19. The first kappa shape index (κ1) is 15.5. The van der Waals surface area contributed by atoms with E-state index in [4.69, 9.17) is 27.9 Å². The van der Waals surface area contributed by atoms with Gasteiger partial charge in [-0.15, -0.1) is 11.6 Å². The molecule has 20 heavy (non-hydrogen) atoms. The summed E-state index contributed by atoms with van der Waals surface area (Å²) in [7, 11) is 1.65. The molecular weight excluding hydrogens is 302 g/mol. The smallest absolute Gasteiger partial charge is 0.144 e. The maximum Gasteiger partial charge on any atom is 0.144 e. The topological polar surface area (TPSA) is 27.1 Å². The van der Waals surface area contributed by atoms with Gasteiger partial charge in [-0.1, -0.05) is 11.6 Å². The highest BCUT2D eigenvalue weighted by Crippen LogP contribution is 2.29. The number of alkyl halides is 1. The van der Waals surface area contributed by atoms with Gasteiger partial charge in [0, 0.05) is 25.5 Å². The molecule has 0 aliphatic heterocycles. The molecule has 3 nitrogen and oxygen atoms in total. The molecule has 1 aromatic heterocycles. The quantitative estimate of drug-likeness (QED) is 0.779. The summed E-state index contributed by atoms with van der Waals surface area (Å²) < 4.78 is 20.9. The monoisotopic (exact) mass is 318 g/mol. The molecule has 0 amide bonds. The zero-order chi connectivity index (χ0) is 14.9. The minimum atomic E-state index is -0.467. The Morgan fingerprint density at radius 1 is 1.40 bits per heavy atom. The van der Waals surface area contributed by atoms with E-state index in [1.807, 2.05) is 18.4 Å². The van der Waals surface area contributed by atoms with Crippen LogP contribution in [0.15, 0.2) is 12.1 Å². The van der Waals surface area contributed by atoms with Crippen LogP contribution in [-0.2, 0) is 16.7 Å². The molecule has 0 saturated heterocycles. The van der Waals surface area contributed by atoms with Gasteiger partial charge in [0.1, 0.15) is 11.6 Å². The van der Waals surface area contributed by atoms with Gasteiger partial charge in [-0.05, 0) is 19.9 Å². The molecule has 0 aliphatic rings. The second-order valence-electron chi connectivity index (χ2n) is 5.30. The van der Waals surface area contributed by atoms with Crippen LogP contribution in [0.1, 0.15) is 19.7 Å². The van der Waals surface area contributed by atoms with Crippen molar-refractivity contribution in [2.75, 3.05) is 19.6 Å². The lowest BCUT2D eigenvalue weighted by Gasteiger charge is -2.28. The maximum absolute atomic E-state index is 13.6. The fourth-order valence-corrected chi connectivity index (χ4v) is 2.79. The van der Waals surface area contributed by atoms with E-state index in [0.717, 1.165) is 11.3 Å². The summed E-state index contributed by atoms with van der Waals surface area (Å²) in [4.78, 5) is 4.48. The summed E-state index contributed by atoms with van der Waals surface area (Å²) in [6, 6.07) is 2.96. The van der Waals surface area contributed by atoms with Crippen LogP contribution >= 0.6 is 23.2 Å². The summed E-state index contributed by atoms with van der Waals surface area (Å²) in [6.45, 7) is 4.57. The van der Waals surface area contributed by atoms with Crippen molar-refractivity contribution in [1.29, 1.82) is 0 Å². The number of aryl methyl sites for hydroxylation is 1. The zero-order valence-corrected chi connectivity index (χ0v) is 13.2. The van der Waals surface area contributed by atoms with Crippen LogP contribution in [0, 0.1) is 5.82 Å². The van der Waals surface area contributed by atoms with Crippen LogP contribution in [0.5, 0.6) is 0 Å². The number of hydrogen-bond acceptors (Lipinski definition) is 2. The molecule has 0 aliphatic carbocycles. The molecule has 0 N–H and O–H groups in total. The van der Waals surface area contributed by atoms with Gasteiger partial charge in [0.15, 0.2) is 0 Å². The minimum Gasteiger partial charge on any atom is -0.382 e. The molecule has 1 heterocycles. The average Bonchev–Trinajstić information content (AvgIpc) is 2.68. The van der Waals surface area contributed by atoms with Crippen LogP contribution in [-0.4, -0.2) is 29.1 Å². The Morgan fingerprint density at radius 2 is 2.10 bits per heavy atom. The second-order valence-corrected chi connectivity index (χ2v) is 6.09. The molecule has 0 fully saturated rings. The summed E-state index contributed by atoms with van der Waals surface area (Å²) in [5, 5.41) is 0.0873. The van der Waals surface area contributed by atoms with Crippen LogP contribution in [0.3, 0.4) is 0 Å². The van der Waals surface area contributed by atoms with E-state index in [0.29, 0.717) is 24.4 Å². The number of imidazole rings is 1. The Hall–Kier alpha value is -0.840. The second kappa shape index (κ2) is 5.88. The molecule has 0 radical (unpaired) electrons. The SMILES string of the molecule is COCC(C)(C)n1c(CCCl)nc2cc(F)c(Cl)cc21. The molecule has 0 unspecified atom stereocenters. The molecule has 0 saturated carbocycles. The van der Waals surface area contributed by atoms with Gasteiger partial charge >= 0.3 is 0 Å². The van der Waals surface area contributed by atoms with Crippen LogP contribution < -0.4 is 0 Å². The number of benzene rings is 1. The molecule has 110 valence electrons. The Balaban J connectivity index is 2.70. The largest absolute Gasteiger partial charge is 0.382 e. The van der Waals surface area contributed by atoms with Crippen molar-refractivity contribution in [1.82, 2.24) is 9.55 Å². The molecular formula is C14H17Cl2FN2O. The standard InChI is InChI=1S/C14H17Cl2FN2O/c1-14(2,8-20-3)19-12-6-9(16)10(17)7-11(12)18-13(19)4-5-15/h6-7H,4-5,8H2,1-3H3. The first-order valence-corrected chi connectivity index (χ1v) is 7.23. The van der Waals surface area contributed by atoms with Gasteiger partial charge in [0.2, 0.25) is 0 Å². The van der Waals surface area contributed by atoms with Crippen LogP contribution in [0.2, 0.25) is 5.02 Å². The lowest BCUT2D eigenvalue weighted by Crippen LogP contribution is -2.33. The Labute approximate surface area is 127 Å². The fourth-order valence-electron chi connectivity index (χ4n) is 2.47. The first-order chi connectivity index (χ1) is 9.40. The van der Waals surface area contributed by atoms with E-state index in [9.17, 15) is 4.39 Å². The van der Waals surface area contributed by atoms with E-state index in [1.165, 1.54) is 6.07 Å². The van der Waals surface area contributed by atoms with Crippen LogP contribution in [0.25, 0.3) is 11.0 Å². The van der Waals surface area contributed by atoms with E-state index in [2.05, 4.69) is 4.98 Å². The molecule has 0 bridgehead atoms. The highest BCUT2D eigenvalue weighted by molar-refractivity contribution is 6.31. The molecule has 0 atom stereocenters. The molecule has 2 rings (SSSR count). The molecule has 1 aromatic carbocycles. The van der Waals surface area contributed by atoms with Crippen molar-refractivity contribution in [2.24, 2.45) is 0 Å². The Kier molecular flexibility index (Phi) is 4.57. The van der Waals surface area contributed by atoms with Crippen LogP contribution in [0.4, 0.5) is 4.39 Å². The number of aromatic nitrogens is 2. The normalized spacial score (nSPS) is 12.3. The van der Waals surface area contributed by atoms with E-state index in [-0.39, 0.29) is 10.6 Å². The summed E-state index contributed by atoms with van der Waals surface area (Å²) in [6.07, 6.45) is 0.600. The highest BCUT2D eigenvalue weighted by atomic mass is 35.5. The number of halogens is 3. The average molecular weight is 319 g/mol. The Bertz CT molecular complexity index is 625. The van der Waals surface area contributed by atoms with Gasteiger partial charge in [-0.3, -0.25) is 0 Å². The fraction of sp³-hybridized carbons (Fsp3) is 0.500. The number of methoxy groups -OCH3 is 1. The number of ether oxygens (including phenoxy) is 1. The third-order valence-corrected chi connectivity index (χ3v) is 3.67. The highest BCUT2D eigenvalue weighted by Gasteiger charge is 2.26. The van der Waals surface area contributed by atoms with Gasteiger partial charge in [0.05, 0.1) is 28.2 Å². The van der Waals surface area contributed by atoms with Gasteiger partial charge in [-0.2, -0.15) is 0 Å². The van der Waals surface area contributed by atoms with Gasteiger partial charge in [-0.25, -0.2) is 9.37 Å². The number of nitrogens with zero attached hydrogens (tertiary/aromatic N) is 2. The Morgan fingerprint density at radius 3 is 2.70 bits per heavy atom. The lowest BCUT2D eigenvalue weighted by molar-refractivity contribution is 0.110. The van der Waals surface area contributed by atoms with E-state index < -0.39 is 5.82 Å². The van der Waals surface area contributed by atoms with Crippen molar-refractivity contribution in [2.45, 2.75) is 25.8 Å². The lowest BCUT2D eigenvalue weighted by atomic mass is 10.1. The summed E-state index contributed by atoms with van der Waals surface area (Å²) in [5.41, 5.74) is 1.04. The van der Waals surface area contributed by atoms with E-state index in [1.54, 1.807) is 13.2 Å². The van der Waals surface area contributed by atoms with Crippen molar-refractivity contribution >= 4 is 34.2 Å². The zero-order valence-electron chi connectivity index (χ0n) is 11.7. The van der Waals surface area contributed by atoms with Gasteiger partial charge in [0.25, 0.3) is 0 Å². The molecule has 0 spiro atoms. The minimum absolute atomic E-state index is 0.0873. The molecule has 6 heteroatoms. The van der Waals surface area contributed by atoms with Crippen molar-refractivity contribution in [3.05, 3.63) is 28.8 Å². The predicted molar refractivity (Wildman–Crippen MR) is 80.3 cm³/mol. The third kappa shape index (κ3) is 2.78. The first-order valence-electron chi connectivity index (χ1n) is 6.32. The number of fused-ring (bicyclic) bond motifs is 1. The number of rotatable bonds is 5. The predicted octanol–water partition coefficient (Wildman–Crippen LogP) is 3.99. The van der Waals surface area contributed by atoms with Crippen molar-refractivity contribution in [3.63, 3.8) is 0 Å². The summed E-state index contributed by atoms with van der Waals surface area (Å²) >= 11 is 11.7. The van der Waals surface area contributed by atoms with Gasteiger partial charge < -0.3 is 9.30 Å².